The first-order valence-corrected chi connectivity index (χ1v) is 10.9. The molecule has 0 aromatic heterocycles. The first-order chi connectivity index (χ1) is 13.9. The zero-order chi connectivity index (χ0) is 22.7. The molecule has 0 aliphatic carbocycles. The minimum Gasteiger partial charge on any atom is -0.480 e. The molecule has 7 heteroatoms. The van der Waals surface area contributed by atoms with E-state index in [9.17, 15) is 14.7 Å². The number of amides is 1. The van der Waals surface area contributed by atoms with Crippen LogP contribution in [0, 0.1) is 5.92 Å². The van der Waals surface area contributed by atoms with Gasteiger partial charge >= 0.3 is 13.1 Å². The number of nitrogens with zero attached hydrogens (tertiary/aromatic N) is 1. The molecule has 166 valence electrons. The van der Waals surface area contributed by atoms with Crippen LogP contribution in [-0.2, 0) is 25.4 Å². The average molecular weight is 417 g/mol. The van der Waals surface area contributed by atoms with Crippen LogP contribution < -0.4 is 5.46 Å². The first-order valence-electron chi connectivity index (χ1n) is 10.9. The molecule has 1 heterocycles. The zero-order valence-corrected chi connectivity index (χ0v) is 19.4. The van der Waals surface area contributed by atoms with Crippen molar-refractivity contribution in [3.05, 3.63) is 29.8 Å². The summed E-state index contributed by atoms with van der Waals surface area (Å²) < 4.78 is 12.2. The SMILES string of the molecule is CCCCC(=O)N(Cc1ccc(B2OC(C)(C)C(C)(C)O2)cc1)C(C(=O)O)C(C)C. The number of unbranched alkanes of at least 4 members (excludes halogenated alkanes) is 1. The minimum absolute atomic E-state index is 0.118. The number of aliphatic carboxylic acids is 1. The van der Waals surface area contributed by atoms with Gasteiger partial charge in [-0.2, -0.15) is 0 Å². The van der Waals surface area contributed by atoms with Crippen molar-refractivity contribution in [1.29, 1.82) is 0 Å². The molecule has 1 fully saturated rings. The molecule has 1 aromatic carbocycles. The van der Waals surface area contributed by atoms with Crippen molar-refractivity contribution in [3.63, 3.8) is 0 Å². The van der Waals surface area contributed by atoms with Gasteiger partial charge < -0.3 is 19.3 Å². The number of rotatable bonds is 9. The predicted molar refractivity (Wildman–Crippen MR) is 118 cm³/mol. The van der Waals surface area contributed by atoms with Crippen LogP contribution in [0.4, 0.5) is 0 Å². The van der Waals surface area contributed by atoms with Gasteiger partial charge in [0.2, 0.25) is 5.91 Å². The standard InChI is InChI=1S/C23H36BNO5/c1-8-9-10-19(26)25(20(16(2)3)21(27)28)15-17-11-13-18(14-12-17)24-29-22(4,5)23(6,7)30-24/h11-14,16,20H,8-10,15H2,1-7H3,(H,27,28). The van der Waals surface area contributed by atoms with E-state index in [0.717, 1.165) is 23.9 Å². The van der Waals surface area contributed by atoms with E-state index in [1.807, 2.05) is 72.7 Å². The molecule has 1 N–H and O–H groups in total. The molecule has 30 heavy (non-hydrogen) atoms. The average Bonchev–Trinajstić information content (AvgIpc) is 2.86. The molecule has 1 aliphatic rings. The highest BCUT2D eigenvalue weighted by Crippen LogP contribution is 2.36. The molecule has 2 rings (SSSR count). The second-order valence-corrected chi connectivity index (χ2v) is 9.48. The lowest BCUT2D eigenvalue weighted by Gasteiger charge is -2.32. The van der Waals surface area contributed by atoms with E-state index >= 15 is 0 Å². The smallest absolute Gasteiger partial charge is 0.480 e. The van der Waals surface area contributed by atoms with Crippen LogP contribution in [0.5, 0.6) is 0 Å². The molecule has 0 bridgehead atoms. The molecule has 0 radical (unpaired) electrons. The topological polar surface area (TPSA) is 76.1 Å². The van der Waals surface area contributed by atoms with E-state index in [-0.39, 0.29) is 18.4 Å². The molecule has 1 aliphatic heterocycles. The van der Waals surface area contributed by atoms with E-state index < -0.39 is 30.3 Å². The van der Waals surface area contributed by atoms with Crippen LogP contribution in [0.15, 0.2) is 24.3 Å². The second kappa shape index (κ2) is 9.52. The maximum atomic E-state index is 12.8. The summed E-state index contributed by atoms with van der Waals surface area (Å²) in [4.78, 5) is 26.2. The number of benzene rings is 1. The van der Waals surface area contributed by atoms with Crippen LogP contribution in [0.2, 0.25) is 0 Å². The van der Waals surface area contributed by atoms with Crippen LogP contribution in [-0.4, -0.2) is 46.2 Å². The summed E-state index contributed by atoms with van der Waals surface area (Å²) in [7, 11) is -0.450. The van der Waals surface area contributed by atoms with Crippen molar-refractivity contribution in [2.45, 2.75) is 91.5 Å². The van der Waals surface area contributed by atoms with Gasteiger partial charge in [0.05, 0.1) is 11.2 Å². The van der Waals surface area contributed by atoms with Gasteiger partial charge in [-0.25, -0.2) is 4.79 Å². The predicted octanol–water partition coefficient (Wildman–Crippen LogP) is 3.61. The lowest BCUT2D eigenvalue weighted by molar-refractivity contribution is -0.153. The molecule has 1 saturated heterocycles. The third kappa shape index (κ3) is 5.44. The summed E-state index contributed by atoms with van der Waals surface area (Å²) in [6, 6.07) is 6.84. The normalized spacial score (nSPS) is 18.5. The Morgan fingerprint density at radius 1 is 1.07 bits per heavy atom. The van der Waals surface area contributed by atoms with Crippen LogP contribution in [0.3, 0.4) is 0 Å². The fourth-order valence-electron chi connectivity index (χ4n) is 3.55. The maximum Gasteiger partial charge on any atom is 0.494 e. The first kappa shape index (κ1) is 24.4. The number of hydrogen-bond acceptors (Lipinski definition) is 4. The Morgan fingerprint density at radius 3 is 2.03 bits per heavy atom. The van der Waals surface area contributed by atoms with Gasteiger partial charge in [-0.3, -0.25) is 4.79 Å². The molecule has 1 atom stereocenters. The van der Waals surface area contributed by atoms with Gasteiger partial charge in [0.25, 0.3) is 0 Å². The Morgan fingerprint density at radius 2 is 1.60 bits per heavy atom. The lowest BCUT2D eigenvalue weighted by Crippen LogP contribution is -2.47. The van der Waals surface area contributed by atoms with Crippen molar-refractivity contribution >= 4 is 24.5 Å². The monoisotopic (exact) mass is 417 g/mol. The van der Waals surface area contributed by atoms with E-state index in [1.54, 1.807) is 0 Å². The van der Waals surface area contributed by atoms with E-state index in [1.165, 1.54) is 4.90 Å². The van der Waals surface area contributed by atoms with Crippen molar-refractivity contribution in [1.82, 2.24) is 4.90 Å². The van der Waals surface area contributed by atoms with Gasteiger partial charge in [0.1, 0.15) is 6.04 Å². The van der Waals surface area contributed by atoms with E-state index in [2.05, 4.69) is 0 Å². The number of carbonyl (C=O) groups is 2. The fourth-order valence-corrected chi connectivity index (χ4v) is 3.55. The van der Waals surface area contributed by atoms with E-state index in [0.29, 0.717) is 6.42 Å². The fraction of sp³-hybridized carbons (Fsp3) is 0.652. The molecular formula is C23H36BNO5. The second-order valence-electron chi connectivity index (χ2n) is 9.48. The number of carbonyl (C=O) groups excluding carboxylic acids is 1. The largest absolute Gasteiger partial charge is 0.494 e. The Balaban J connectivity index is 2.20. The third-order valence-corrected chi connectivity index (χ3v) is 6.14. The van der Waals surface area contributed by atoms with Crippen LogP contribution in [0.25, 0.3) is 0 Å². The third-order valence-electron chi connectivity index (χ3n) is 6.14. The molecular weight excluding hydrogens is 381 g/mol. The zero-order valence-electron chi connectivity index (χ0n) is 19.4. The summed E-state index contributed by atoms with van der Waals surface area (Å²) in [5.41, 5.74) is 0.960. The molecule has 6 nitrogen and oxygen atoms in total. The van der Waals surface area contributed by atoms with Crippen molar-refractivity contribution in [3.8, 4) is 0 Å². The lowest BCUT2D eigenvalue weighted by atomic mass is 9.79. The Labute approximate surface area is 181 Å². The number of hydrogen-bond donors (Lipinski definition) is 1. The Kier molecular flexibility index (Phi) is 7.75. The molecule has 0 saturated carbocycles. The molecule has 0 spiro atoms. The number of carboxylic acids is 1. The minimum atomic E-state index is -0.969. The van der Waals surface area contributed by atoms with E-state index in [4.69, 9.17) is 9.31 Å². The summed E-state index contributed by atoms with van der Waals surface area (Å²) in [5, 5.41) is 9.73. The number of carboxylic acid groups (broad SMARTS) is 1. The maximum absolute atomic E-state index is 12.8. The van der Waals surface area contributed by atoms with Crippen LogP contribution in [0.1, 0.15) is 73.3 Å². The molecule has 1 aromatic rings. The van der Waals surface area contributed by atoms with Gasteiger partial charge in [0, 0.05) is 13.0 Å². The van der Waals surface area contributed by atoms with Gasteiger partial charge in [0.15, 0.2) is 0 Å². The molecule has 1 amide bonds. The highest BCUT2D eigenvalue weighted by atomic mass is 16.7. The van der Waals surface area contributed by atoms with Gasteiger partial charge in [-0.1, -0.05) is 51.5 Å². The Hall–Kier alpha value is -1.86. The summed E-state index contributed by atoms with van der Waals surface area (Å²) in [6.07, 6.45) is 2.00. The summed E-state index contributed by atoms with van der Waals surface area (Å²) in [5.74, 6) is -1.27. The molecule has 1 unspecified atom stereocenters. The van der Waals surface area contributed by atoms with Crippen molar-refractivity contribution in [2.24, 2.45) is 5.92 Å². The highest BCUT2D eigenvalue weighted by molar-refractivity contribution is 6.62. The summed E-state index contributed by atoms with van der Waals surface area (Å²) in [6.45, 7) is 14.0. The quantitative estimate of drug-likeness (QED) is 0.622. The van der Waals surface area contributed by atoms with Crippen LogP contribution >= 0.6 is 0 Å². The van der Waals surface area contributed by atoms with Gasteiger partial charge in [-0.15, -0.1) is 0 Å². The van der Waals surface area contributed by atoms with Crippen molar-refractivity contribution < 1.29 is 24.0 Å². The van der Waals surface area contributed by atoms with Crippen molar-refractivity contribution in [2.75, 3.05) is 0 Å². The Bertz CT molecular complexity index is 728. The highest BCUT2D eigenvalue weighted by Gasteiger charge is 2.51. The van der Waals surface area contributed by atoms with Gasteiger partial charge in [-0.05, 0) is 51.1 Å². The summed E-state index contributed by atoms with van der Waals surface area (Å²) >= 11 is 0.